The number of hydrogen-bond acceptors (Lipinski definition) is 5. The molecule has 7 nitrogen and oxygen atoms in total. The summed E-state index contributed by atoms with van der Waals surface area (Å²) in [6.07, 6.45) is -0.583. The minimum atomic E-state index is -4.51. The molecule has 1 aromatic carbocycles. The number of fused-ring (bicyclic) bond motifs is 2. The molecule has 2 aliphatic rings. The van der Waals surface area contributed by atoms with Crippen molar-refractivity contribution in [3.63, 3.8) is 0 Å². The Labute approximate surface area is 193 Å². The molecule has 1 aliphatic carbocycles. The summed E-state index contributed by atoms with van der Waals surface area (Å²) >= 11 is 0. The van der Waals surface area contributed by atoms with Gasteiger partial charge in [0.1, 0.15) is 5.83 Å². The molecule has 2 bridgehead atoms. The lowest BCUT2D eigenvalue weighted by Gasteiger charge is -2.34. The molecular formula is C23H22F4N6O. The molecule has 1 amide bonds. The van der Waals surface area contributed by atoms with E-state index < -0.39 is 17.6 Å². The lowest BCUT2D eigenvalue weighted by atomic mass is 10.0. The molecule has 3 atom stereocenters. The molecule has 2 fully saturated rings. The Morgan fingerprint density at radius 2 is 1.88 bits per heavy atom. The Bertz CT molecular complexity index is 1140. The summed E-state index contributed by atoms with van der Waals surface area (Å²) < 4.78 is 51.4. The number of hydrogen-bond donors (Lipinski definition) is 1. The summed E-state index contributed by atoms with van der Waals surface area (Å²) in [6, 6.07) is 6.44. The maximum Gasteiger partial charge on any atom is 0.419 e. The van der Waals surface area contributed by atoms with E-state index in [1.807, 2.05) is 0 Å². The Kier molecular flexibility index (Phi) is 6.45. The Hall–Kier alpha value is -3.63. The normalized spacial score (nSPS) is 22.4. The number of piperidine rings is 1. The summed E-state index contributed by atoms with van der Waals surface area (Å²) in [5.74, 6) is -0.431. The average molecular weight is 474 g/mol. The highest BCUT2D eigenvalue weighted by Gasteiger charge is 2.47. The third-order valence-corrected chi connectivity index (χ3v) is 5.97. The lowest BCUT2D eigenvalue weighted by molar-refractivity contribution is -0.138. The lowest BCUT2D eigenvalue weighted by Crippen LogP contribution is -2.48. The molecule has 1 aromatic heterocycles. The third-order valence-electron chi connectivity index (χ3n) is 5.97. The fourth-order valence-corrected chi connectivity index (χ4v) is 4.53. The van der Waals surface area contributed by atoms with Crippen LogP contribution in [0.4, 0.5) is 23.5 Å². The second kappa shape index (κ2) is 9.32. The zero-order valence-corrected chi connectivity index (χ0v) is 18.3. The van der Waals surface area contributed by atoms with Gasteiger partial charge in [0.25, 0.3) is 5.91 Å². The van der Waals surface area contributed by atoms with Gasteiger partial charge in [0.15, 0.2) is 5.84 Å². The van der Waals surface area contributed by atoms with Crippen LogP contribution in [0.15, 0.2) is 59.0 Å². The van der Waals surface area contributed by atoms with Gasteiger partial charge >= 0.3 is 6.18 Å². The molecule has 1 aliphatic heterocycles. The van der Waals surface area contributed by atoms with Crippen LogP contribution in [0.25, 0.3) is 0 Å². The standard InChI is InChI=1S/C23H22F4N6O/c1-13(24)9-29-20(28-2)16-5-3-4-6-17(16)21(34)33-12-14-7-18(19(33)8-14)32-22-30-10-15(11-31-22)23(25,26)27/h3-6,9-11,14,18-19H,1,7-8,12H2,2H3,(H,30,31,32)/b28-20-,29-9-. The van der Waals surface area contributed by atoms with E-state index in [0.717, 1.165) is 31.4 Å². The number of anilines is 1. The molecule has 4 rings (SSSR count). The number of alkyl halides is 3. The monoisotopic (exact) mass is 474 g/mol. The van der Waals surface area contributed by atoms with E-state index in [2.05, 4.69) is 31.8 Å². The van der Waals surface area contributed by atoms with E-state index in [9.17, 15) is 22.4 Å². The summed E-state index contributed by atoms with van der Waals surface area (Å²) in [4.78, 5) is 30.9. The van der Waals surface area contributed by atoms with E-state index in [1.54, 1.807) is 29.2 Å². The van der Waals surface area contributed by atoms with Gasteiger partial charge in [0.2, 0.25) is 5.95 Å². The van der Waals surface area contributed by atoms with Crippen LogP contribution in [0.5, 0.6) is 0 Å². The second-order valence-electron chi connectivity index (χ2n) is 8.20. The average Bonchev–Trinajstić information content (AvgIpc) is 3.39. The van der Waals surface area contributed by atoms with E-state index >= 15 is 0 Å². The summed E-state index contributed by atoms with van der Waals surface area (Å²) in [7, 11) is 1.50. The number of carbonyl (C=O) groups is 1. The highest BCUT2D eigenvalue weighted by atomic mass is 19.4. The first-order chi connectivity index (χ1) is 16.2. The first-order valence-electron chi connectivity index (χ1n) is 10.6. The fourth-order valence-electron chi connectivity index (χ4n) is 4.53. The second-order valence-corrected chi connectivity index (χ2v) is 8.20. The van der Waals surface area contributed by atoms with Gasteiger partial charge in [0, 0.05) is 37.6 Å². The molecular weight excluding hydrogens is 452 g/mol. The van der Waals surface area contributed by atoms with Gasteiger partial charge in [-0.25, -0.2) is 19.4 Å². The first-order valence-corrected chi connectivity index (χ1v) is 10.6. The quantitative estimate of drug-likeness (QED) is 0.401. The van der Waals surface area contributed by atoms with Crippen LogP contribution < -0.4 is 5.32 Å². The highest BCUT2D eigenvalue weighted by molar-refractivity contribution is 6.12. The number of rotatable bonds is 5. The van der Waals surface area contributed by atoms with Crippen molar-refractivity contribution in [2.75, 3.05) is 18.9 Å². The van der Waals surface area contributed by atoms with Crippen LogP contribution in [0.1, 0.15) is 34.3 Å². The molecule has 11 heteroatoms. The molecule has 0 spiro atoms. The number of aromatic nitrogens is 2. The maximum absolute atomic E-state index is 13.5. The van der Waals surface area contributed by atoms with Gasteiger partial charge in [-0.05, 0) is 24.8 Å². The topological polar surface area (TPSA) is 82.8 Å². The van der Waals surface area contributed by atoms with Crippen molar-refractivity contribution in [2.45, 2.75) is 31.1 Å². The summed E-state index contributed by atoms with van der Waals surface area (Å²) in [5.41, 5.74) is -0.0838. The Balaban J connectivity index is 1.53. The molecule has 34 heavy (non-hydrogen) atoms. The molecule has 0 radical (unpaired) electrons. The molecule has 1 N–H and O–H groups in total. The predicted octanol–water partition coefficient (Wildman–Crippen LogP) is 4.14. The number of carbonyl (C=O) groups excluding carboxylic acids is 1. The number of likely N-dealkylation sites (tertiary alicyclic amines) is 1. The molecule has 1 saturated heterocycles. The smallest absolute Gasteiger partial charge is 0.349 e. The number of benzene rings is 1. The largest absolute Gasteiger partial charge is 0.419 e. The predicted molar refractivity (Wildman–Crippen MR) is 120 cm³/mol. The van der Waals surface area contributed by atoms with Gasteiger partial charge in [-0.15, -0.1) is 0 Å². The van der Waals surface area contributed by atoms with Gasteiger partial charge in [0.05, 0.1) is 23.4 Å². The van der Waals surface area contributed by atoms with Crippen LogP contribution in [0.3, 0.4) is 0 Å². The maximum atomic E-state index is 13.5. The molecule has 3 unspecified atom stereocenters. The van der Waals surface area contributed by atoms with Crippen LogP contribution >= 0.6 is 0 Å². The van der Waals surface area contributed by atoms with E-state index in [-0.39, 0.29) is 35.7 Å². The van der Waals surface area contributed by atoms with Gasteiger partial charge < -0.3 is 10.2 Å². The van der Waals surface area contributed by atoms with Crippen molar-refractivity contribution in [2.24, 2.45) is 15.9 Å². The van der Waals surface area contributed by atoms with Crippen LogP contribution in [-0.4, -0.2) is 58.5 Å². The molecule has 2 heterocycles. The van der Waals surface area contributed by atoms with Crippen LogP contribution in [-0.2, 0) is 6.18 Å². The zero-order chi connectivity index (χ0) is 24.5. The minimum Gasteiger partial charge on any atom is -0.349 e. The summed E-state index contributed by atoms with van der Waals surface area (Å²) in [6.45, 7) is 3.70. The van der Waals surface area contributed by atoms with Crippen molar-refractivity contribution >= 4 is 23.9 Å². The third kappa shape index (κ3) is 4.82. The fraction of sp³-hybridized carbons (Fsp3) is 0.348. The number of nitrogens with one attached hydrogen (secondary N) is 1. The number of halogens is 4. The Morgan fingerprint density at radius 1 is 1.21 bits per heavy atom. The van der Waals surface area contributed by atoms with Crippen molar-refractivity contribution in [1.29, 1.82) is 0 Å². The minimum absolute atomic E-state index is 0.0829. The molecule has 1 saturated carbocycles. The van der Waals surface area contributed by atoms with E-state index in [0.29, 0.717) is 17.7 Å². The van der Waals surface area contributed by atoms with Gasteiger partial charge in [-0.2, -0.15) is 13.2 Å². The zero-order valence-electron chi connectivity index (χ0n) is 18.3. The van der Waals surface area contributed by atoms with Crippen molar-refractivity contribution < 1.29 is 22.4 Å². The summed E-state index contributed by atoms with van der Waals surface area (Å²) in [5, 5.41) is 3.09. The Morgan fingerprint density at radius 3 is 2.47 bits per heavy atom. The first kappa shape index (κ1) is 23.5. The SMILES string of the molecule is C=C(F)/C=N\C(=N/C)c1ccccc1C(=O)N1CC2CC(Nc3ncc(C(F)(F)F)cn3)C1C2. The number of nitrogens with zero attached hydrogens (tertiary/aromatic N) is 5. The van der Waals surface area contributed by atoms with Crippen molar-refractivity contribution in [1.82, 2.24) is 14.9 Å². The highest BCUT2D eigenvalue weighted by Crippen LogP contribution is 2.40. The molecule has 178 valence electrons. The van der Waals surface area contributed by atoms with Crippen molar-refractivity contribution in [3.8, 4) is 0 Å². The number of amides is 1. The van der Waals surface area contributed by atoms with Gasteiger partial charge in [-0.3, -0.25) is 9.79 Å². The number of amidine groups is 1. The van der Waals surface area contributed by atoms with Crippen molar-refractivity contribution in [3.05, 3.63) is 65.8 Å². The van der Waals surface area contributed by atoms with Crippen LogP contribution in [0, 0.1) is 5.92 Å². The number of aliphatic imine (C=N–C) groups is 2. The molecule has 2 aromatic rings. The number of allylic oxidation sites excluding steroid dienone is 1. The van der Waals surface area contributed by atoms with Crippen LogP contribution in [0.2, 0.25) is 0 Å². The van der Waals surface area contributed by atoms with E-state index in [4.69, 9.17) is 0 Å². The van der Waals surface area contributed by atoms with E-state index in [1.165, 1.54) is 7.05 Å². The van der Waals surface area contributed by atoms with Gasteiger partial charge in [-0.1, -0.05) is 24.8 Å².